The highest BCUT2D eigenvalue weighted by Crippen LogP contribution is 2.21. The van der Waals surface area contributed by atoms with Crippen LogP contribution in [0, 0.1) is 5.92 Å². The van der Waals surface area contributed by atoms with Gasteiger partial charge >= 0.3 is 0 Å². The number of carbonyl (C=O) groups excluding carboxylic acids is 3. The van der Waals surface area contributed by atoms with Crippen LogP contribution in [0.3, 0.4) is 0 Å². The fourth-order valence-electron chi connectivity index (χ4n) is 3.07. The number of carbonyl (C=O) groups is 3. The Bertz CT molecular complexity index is 680. The van der Waals surface area contributed by atoms with Crippen LogP contribution in [0.15, 0.2) is 18.2 Å². The summed E-state index contributed by atoms with van der Waals surface area (Å²) >= 11 is 6.12. The monoisotopic (exact) mass is 380 g/mol. The zero-order chi connectivity index (χ0) is 19.1. The van der Waals surface area contributed by atoms with E-state index in [1.54, 1.807) is 18.2 Å². The first-order valence-electron chi connectivity index (χ1n) is 8.74. The second kappa shape index (κ2) is 9.54. The lowest BCUT2D eigenvalue weighted by Gasteiger charge is -2.31. The highest BCUT2D eigenvalue weighted by Gasteiger charge is 2.23. The number of hydrogen-bond acceptors (Lipinski definition) is 4. The van der Waals surface area contributed by atoms with Crippen molar-refractivity contribution in [3.8, 4) is 0 Å². The van der Waals surface area contributed by atoms with Crippen molar-refractivity contribution < 1.29 is 14.4 Å². The second-order valence-corrected chi connectivity index (χ2v) is 6.93. The molecule has 0 aromatic heterocycles. The first-order chi connectivity index (χ1) is 12.4. The van der Waals surface area contributed by atoms with Crippen molar-refractivity contribution in [1.29, 1.82) is 0 Å². The molecule has 1 aromatic rings. The number of piperidine rings is 1. The van der Waals surface area contributed by atoms with Gasteiger partial charge < -0.3 is 21.3 Å². The van der Waals surface area contributed by atoms with Crippen molar-refractivity contribution in [2.45, 2.75) is 26.2 Å². The van der Waals surface area contributed by atoms with Crippen LogP contribution in [0.1, 0.15) is 36.5 Å². The van der Waals surface area contributed by atoms with Gasteiger partial charge in [-0.1, -0.05) is 11.6 Å². The van der Waals surface area contributed by atoms with Gasteiger partial charge in [-0.05, 0) is 50.6 Å². The molecular formula is C18H25ClN4O3. The number of nitrogens with one attached hydrogen (secondary N) is 2. The Labute approximate surface area is 158 Å². The number of halogens is 1. The molecule has 7 nitrogen and oxygen atoms in total. The molecule has 2 rings (SSSR count). The van der Waals surface area contributed by atoms with Crippen LogP contribution in [0.25, 0.3) is 0 Å². The summed E-state index contributed by atoms with van der Waals surface area (Å²) in [5.41, 5.74) is 6.30. The fourth-order valence-corrected chi connectivity index (χ4v) is 3.34. The minimum Gasteiger partial charge on any atom is -0.369 e. The highest BCUT2D eigenvalue weighted by molar-refractivity contribution is 6.34. The molecule has 0 unspecified atom stereocenters. The van der Waals surface area contributed by atoms with Gasteiger partial charge in [-0.2, -0.15) is 0 Å². The average Bonchev–Trinajstić information content (AvgIpc) is 2.58. The predicted molar refractivity (Wildman–Crippen MR) is 101 cm³/mol. The van der Waals surface area contributed by atoms with Crippen molar-refractivity contribution in [1.82, 2.24) is 10.2 Å². The third-order valence-electron chi connectivity index (χ3n) is 4.38. The molecule has 0 aliphatic carbocycles. The van der Waals surface area contributed by atoms with E-state index in [0.29, 0.717) is 24.3 Å². The largest absolute Gasteiger partial charge is 0.369 e. The lowest BCUT2D eigenvalue weighted by atomic mass is 9.97. The van der Waals surface area contributed by atoms with E-state index in [1.807, 2.05) is 0 Å². The zero-order valence-electron chi connectivity index (χ0n) is 14.9. The standard InChI is InChI=1S/C18H25ClN4O3/c1-12(24)22-14-5-6-15(16(19)10-14)18(26)21-7-3-9-23-8-2-4-13(11-23)17(20)25/h5-6,10,13H,2-4,7-9,11H2,1H3,(H2,20,25)(H,21,26)(H,22,24)/t13-/m1/s1. The number of hydrogen-bond donors (Lipinski definition) is 3. The van der Waals surface area contributed by atoms with Crippen LogP contribution in [-0.4, -0.2) is 48.8 Å². The summed E-state index contributed by atoms with van der Waals surface area (Å²) in [4.78, 5) is 36.8. The summed E-state index contributed by atoms with van der Waals surface area (Å²) in [6.07, 6.45) is 2.60. The zero-order valence-corrected chi connectivity index (χ0v) is 15.6. The Hall–Kier alpha value is -2.12. The molecule has 1 atom stereocenters. The summed E-state index contributed by atoms with van der Waals surface area (Å²) in [6.45, 7) is 4.37. The third-order valence-corrected chi connectivity index (χ3v) is 4.69. The van der Waals surface area contributed by atoms with Crippen molar-refractivity contribution in [2.75, 3.05) is 31.5 Å². The molecule has 1 saturated heterocycles. The number of nitrogens with zero attached hydrogens (tertiary/aromatic N) is 1. The van der Waals surface area contributed by atoms with Crippen LogP contribution in [-0.2, 0) is 9.59 Å². The van der Waals surface area contributed by atoms with E-state index in [9.17, 15) is 14.4 Å². The number of primary amides is 1. The molecule has 1 aliphatic rings. The normalized spacial score (nSPS) is 17.5. The number of amides is 3. The smallest absolute Gasteiger partial charge is 0.252 e. The first kappa shape index (κ1) is 20.2. The van der Waals surface area contributed by atoms with Gasteiger partial charge in [0.05, 0.1) is 16.5 Å². The number of rotatable bonds is 7. The lowest BCUT2D eigenvalue weighted by molar-refractivity contribution is -0.123. The summed E-state index contributed by atoms with van der Waals surface area (Å²) in [6, 6.07) is 4.78. The van der Waals surface area contributed by atoms with Gasteiger partial charge in [0.2, 0.25) is 11.8 Å². The van der Waals surface area contributed by atoms with E-state index < -0.39 is 0 Å². The highest BCUT2D eigenvalue weighted by atomic mass is 35.5. The molecule has 4 N–H and O–H groups in total. The van der Waals surface area contributed by atoms with E-state index in [-0.39, 0.29) is 28.7 Å². The molecule has 0 saturated carbocycles. The molecule has 1 aromatic carbocycles. The minimum atomic E-state index is -0.252. The summed E-state index contributed by atoms with van der Waals surface area (Å²) in [5.74, 6) is -0.757. The van der Waals surface area contributed by atoms with E-state index >= 15 is 0 Å². The van der Waals surface area contributed by atoms with Gasteiger partial charge in [0.1, 0.15) is 0 Å². The minimum absolute atomic E-state index is 0.0701. The molecular weight excluding hydrogens is 356 g/mol. The average molecular weight is 381 g/mol. The summed E-state index contributed by atoms with van der Waals surface area (Å²) in [7, 11) is 0. The lowest BCUT2D eigenvalue weighted by Crippen LogP contribution is -2.42. The number of likely N-dealkylation sites (tertiary alicyclic amines) is 1. The van der Waals surface area contributed by atoms with Gasteiger partial charge in [-0.15, -0.1) is 0 Å². The maximum atomic E-state index is 12.2. The molecule has 1 fully saturated rings. The molecule has 3 amide bonds. The van der Waals surface area contributed by atoms with Crippen LogP contribution >= 0.6 is 11.6 Å². The van der Waals surface area contributed by atoms with E-state index in [2.05, 4.69) is 15.5 Å². The van der Waals surface area contributed by atoms with E-state index in [0.717, 1.165) is 32.4 Å². The van der Waals surface area contributed by atoms with Crippen LogP contribution in [0.2, 0.25) is 5.02 Å². The van der Waals surface area contributed by atoms with Crippen LogP contribution < -0.4 is 16.4 Å². The van der Waals surface area contributed by atoms with Gasteiger partial charge in [0.15, 0.2) is 0 Å². The molecule has 142 valence electrons. The van der Waals surface area contributed by atoms with Crippen molar-refractivity contribution in [3.63, 3.8) is 0 Å². The number of anilines is 1. The molecule has 1 heterocycles. The topological polar surface area (TPSA) is 105 Å². The third kappa shape index (κ3) is 6.00. The molecule has 0 spiro atoms. The number of nitrogens with two attached hydrogens (primary N) is 1. The molecule has 1 aliphatic heterocycles. The summed E-state index contributed by atoms with van der Waals surface area (Å²) in [5, 5.41) is 5.75. The molecule has 8 heteroatoms. The molecule has 26 heavy (non-hydrogen) atoms. The van der Waals surface area contributed by atoms with Gasteiger partial charge in [-0.25, -0.2) is 0 Å². The summed E-state index contributed by atoms with van der Waals surface area (Å²) < 4.78 is 0. The van der Waals surface area contributed by atoms with E-state index in [4.69, 9.17) is 17.3 Å². The Morgan fingerprint density at radius 3 is 2.77 bits per heavy atom. The van der Waals surface area contributed by atoms with Crippen LogP contribution in [0.4, 0.5) is 5.69 Å². The molecule has 0 radical (unpaired) electrons. The van der Waals surface area contributed by atoms with Crippen molar-refractivity contribution in [2.24, 2.45) is 11.7 Å². The predicted octanol–water partition coefficient (Wildman–Crippen LogP) is 1.62. The Kier molecular flexibility index (Phi) is 7.41. The SMILES string of the molecule is CC(=O)Nc1ccc(C(=O)NCCCN2CCC[C@@H](C(N)=O)C2)c(Cl)c1. The molecule has 0 bridgehead atoms. The number of benzene rings is 1. The van der Waals surface area contributed by atoms with Gasteiger partial charge in [-0.3, -0.25) is 14.4 Å². The van der Waals surface area contributed by atoms with Crippen molar-refractivity contribution >= 4 is 35.0 Å². The van der Waals surface area contributed by atoms with Crippen molar-refractivity contribution in [3.05, 3.63) is 28.8 Å². The second-order valence-electron chi connectivity index (χ2n) is 6.53. The maximum absolute atomic E-state index is 12.2. The Morgan fingerprint density at radius 2 is 2.12 bits per heavy atom. The first-order valence-corrected chi connectivity index (χ1v) is 9.11. The van der Waals surface area contributed by atoms with Crippen LogP contribution in [0.5, 0.6) is 0 Å². The Balaban J connectivity index is 1.76. The van der Waals surface area contributed by atoms with Gasteiger partial charge in [0, 0.05) is 25.7 Å². The fraction of sp³-hybridized carbons (Fsp3) is 0.500. The quantitative estimate of drug-likeness (QED) is 0.625. The van der Waals surface area contributed by atoms with Gasteiger partial charge in [0.25, 0.3) is 5.91 Å². The Morgan fingerprint density at radius 1 is 1.35 bits per heavy atom. The van der Waals surface area contributed by atoms with E-state index in [1.165, 1.54) is 6.92 Å². The maximum Gasteiger partial charge on any atom is 0.252 e.